The second-order valence-electron chi connectivity index (χ2n) is 5.40. The molecule has 5 nitrogen and oxygen atoms in total. The van der Waals surface area contributed by atoms with Crippen molar-refractivity contribution in [3.8, 4) is 0 Å². The molecular formula is C13H20N2O3S2. The molecule has 0 spiro atoms. The first-order chi connectivity index (χ1) is 9.65. The zero-order valence-corrected chi connectivity index (χ0v) is 13.3. The van der Waals surface area contributed by atoms with Crippen molar-refractivity contribution in [3.63, 3.8) is 0 Å². The van der Waals surface area contributed by atoms with Gasteiger partial charge in [-0.05, 0) is 6.42 Å². The van der Waals surface area contributed by atoms with E-state index >= 15 is 0 Å². The summed E-state index contributed by atoms with van der Waals surface area (Å²) in [5, 5.41) is 15.7. The predicted molar refractivity (Wildman–Crippen MR) is 80.2 cm³/mol. The second-order valence-corrected chi connectivity index (χ2v) is 8.39. The molecular weight excluding hydrogens is 296 g/mol. The monoisotopic (exact) mass is 316 g/mol. The number of aliphatic hydroxyl groups excluding tert-OH is 1. The van der Waals surface area contributed by atoms with Crippen LogP contribution in [0.3, 0.4) is 0 Å². The Balaban J connectivity index is 1.70. The summed E-state index contributed by atoms with van der Waals surface area (Å²) in [6, 6.07) is 0. The maximum absolute atomic E-state index is 10.0. The maximum Gasteiger partial charge on any atom is 0.234 e. The third-order valence-corrected chi connectivity index (χ3v) is 7.32. The van der Waals surface area contributed by atoms with E-state index in [4.69, 9.17) is 9.26 Å². The number of rotatable bonds is 2. The van der Waals surface area contributed by atoms with Crippen LogP contribution in [0.15, 0.2) is 4.52 Å². The molecule has 2 fully saturated rings. The van der Waals surface area contributed by atoms with Crippen LogP contribution in [-0.4, -0.2) is 50.8 Å². The molecule has 0 aromatic carbocycles. The van der Waals surface area contributed by atoms with E-state index in [1.54, 1.807) is 0 Å². The SMILES string of the molecule is CC1SCC(c2noc(C3COCCC3O)n2)SC1C. The molecule has 7 heteroatoms. The van der Waals surface area contributed by atoms with Gasteiger partial charge in [0.05, 0.1) is 23.9 Å². The highest BCUT2D eigenvalue weighted by Gasteiger charge is 2.33. The first-order valence-corrected chi connectivity index (χ1v) is 9.00. The van der Waals surface area contributed by atoms with Gasteiger partial charge in [-0.15, -0.1) is 11.8 Å². The summed E-state index contributed by atoms with van der Waals surface area (Å²) in [4.78, 5) is 4.52. The molecule has 0 radical (unpaired) electrons. The van der Waals surface area contributed by atoms with Gasteiger partial charge in [0.2, 0.25) is 5.89 Å². The van der Waals surface area contributed by atoms with Crippen LogP contribution in [0.4, 0.5) is 0 Å². The lowest BCUT2D eigenvalue weighted by molar-refractivity contribution is -0.0149. The average Bonchev–Trinajstić information content (AvgIpc) is 2.92. The fourth-order valence-corrected chi connectivity index (χ4v) is 5.24. The molecule has 2 aliphatic heterocycles. The predicted octanol–water partition coefficient (Wildman–Crippen LogP) is 2.23. The molecule has 0 saturated carbocycles. The summed E-state index contributed by atoms with van der Waals surface area (Å²) in [5.74, 6) is 2.11. The molecule has 0 bridgehead atoms. The van der Waals surface area contributed by atoms with Crippen LogP contribution in [0, 0.1) is 0 Å². The normalized spacial score (nSPS) is 38.9. The van der Waals surface area contributed by atoms with Crippen LogP contribution in [0.2, 0.25) is 0 Å². The Morgan fingerprint density at radius 3 is 2.90 bits per heavy atom. The fraction of sp³-hybridized carbons (Fsp3) is 0.846. The Morgan fingerprint density at radius 2 is 2.15 bits per heavy atom. The van der Waals surface area contributed by atoms with Gasteiger partial charge in [0, 0.05) is 22.9 Å². The average molecular weight is 316 g/mol. The lowest BCUT2D eigenvalue weighted by atomic mass is 9.99. The highest BCUT2D eigenvalue weighted by molar-refractivity contribution is 8.07. The number of aliphatic hydroxyl groups is 1. The molecule has 1 aromatic heterocycles. The number of hydrogen-bond donors (Lipinski definition) is 1. The maximum atomic E-state index is 10.0. The van der Waals surface area contributed by atoms with E-state index in [9.17, 15) is 5.11 Å². The summed E-state index contributed by atoms with van der Waals surface area (Å²) >= 11 is 3.87. The van der Waals surface area contributed by atoms with Gasteiger partial charge in [-0.1, -0.05) is 19.0 Å². The molecule has 5 atom stereocenters. The largest absolute Gasteiger partial charge is 0.392 e. The molecule has 112 valence electrons. The van der Waals surface area contributed by atoms with E-state index < -0.39 is 6.10 Å². The number of ether oxygens (including phenoxy) is 1. The summed E-state index contributed by atoms with van der Waals surface area (Å²) in [7, 11) is 0. The molecule has 2 saturated heterocycles. The Hall–Kier alpha value is -0.240. The Kier molecular flexibility index (Phi) is 4.59. The van der Waals surface area contributed by atoms with Crippen LogP contribution in [0.25, 0.3) is 0 Å². The smallest absolute Gasteiger partial charge is 0.234 e. The number of aromatic nitrogens is 2. The van der Waals surface area contributed by atoms with Crippen LogP contribution < -0.4 is 0 Å². The fourth-order valence-electron chi connectivity index (χ4n) is 2.41. The topological polar surface area (TPSA) is 68.4 Å². The van der Waals surface area contributed by atoms with E-state index in [2.05, 4.69) is 24.0 Å². The van der Waals surface area contributed by atoms with Crippen molar-refractivity contribution < 1.29 is 14.4 Å². The Morgan fingerprint density at radius 1 is 1.30 bits per heavy atom. The minimum absolute atomic E-state index is 0.178. The molecule has 1 N–H and O–H groups in total. The third kappa shape index (κ3) is 3.00. The van der Waals surface area contributed by atoms with Crippen molar-refractivity contribution >= 4 is 23.5 Å². The van der Waals surface area contributed by atoms with Crippen molar-refractivity contribution in [1.29, 1.82) is 0 Å². The Labute approximate surface area is 127 Å². The standard InChI is InChI=1S/C13H20N2O3S2/c1-7-8(2)20-11(6-19-7)12-14-13(18-15-12)9-5-17-4-3-10(9)16/h7-11,16H,3-6H2,1-2H3. The molecule has 5 unspecified atom stereocenters. The van der Waals surface area contributed by atoms with E-state index in [1.807, 2.05) is 23.5 Å². The second kappa shape index (κ2) is 6.25. The van der Waals surface area contributed by atoms with Crippen molar-refractivity contribution in [2.75, 3.05) is 19.0 Å². The molecule has 20 heavy (non-hydrogen) atoms. The number of thioether (sulfide) groups is 2. The minimum atomic E-state index is -0.440. The Bertz CT molecular complexity index is 457. The van der Waals surface area contributed by atoms with E-state index in [0.29, 0.717) is 36.0 Å². The lowest BCUT2D eigenvalue weighted by Crippen LogP contribution is -2.30. The first kappa shape index (κ1) is 14.7. The summed E-state index contributed by atoms with van der Waals surface area (Å²) in [6.45, 7) is 5.57. The minimum Gasteiger partial charge on any atom is -0.392 e. The van der Waals surface area contributed by atoms with E-state index in [0.717, 1.165) is 11.6 Å². The molecule has 0 aliphatic carbocycles. The highest BCUT2D eigenvalue weighted by atomic mass is 32.2. The van der Waals surface area contributed by atoms with E-state index in [1.165, 1.54) is 0 Å². The van der Waals surface area contributed by atoms with Gasteiger partial charge in [0.15, 0.2) is 5.82 Å². The molecule has 2 aliphatic rings. The van der Waals surface area contributed by atoms with E-state index in [-0.39, 0.29) is 11.2 Å². The van der Waals surface area contributed by atoms with Crippen molar-refractivity contribution in [1.82, 2.24) is 10.1 Å². The van der Waals surface area contributed by atoms with Crippen molar-refractivity contribution in [3.05, 3.63) is 11.7 Å². The van der Waals surface area contributed by atoms with Gasteiger partial charge in [-0.25, -0.2) is 0 Å². The zero-order valence-electron chi connectivity index (χ0n) is 11.7. The highest BCUT2D eigenvalue weighted by Crippen LogP contribution is 2.43. The number of nitrogens with zero attached hydrogens (tertiary/aromatic N) is 2. The van der Waals surface area contributed by atoms with Crippen LogP contribution in [-0.2, 0) is 4.74 Å². The van der Waals surface area contributed by atoms with Gasteiger partial charge >= 0.3 is 0 Å². The molecule has 3 heterocycles. The van der Waals surface area contributed by atoms with Gasteiger partial charge in [-0.3, -0.25) is 0 Å². The summed E-state index contributed by atoms with van der Waals surface area (Å²) < 4.78 is 10.8. The quantitative estimate of drug-likeness (QED) is 0.897. The van der Waals surface area contributed by atoms with Gasteiger partial charge in [-0.2, -0.15) is 16.7 Å². The van der Waals surface area contributed by atoms with Gasteiger partial charge in [0.25, 0.3) is 0 Å². The van der Waals surface area contributed by atoms with Crippen LogP contribution in [0.5, 0.6) is 0 Å². The molecule has 3 rings (SSSR count). The molecule has 1 aromatic rings. The van der Waals surface area contributed by atoms with Crippen LogP contribution in [0.1, 0.15) is 43.2 Å². The summed E-state index contributed by atoms with van der Waals surface area (Å²) in [6.07, 6.45) is 0.190. The lowest BCUT2D eigenvalue weighted by Gasteiger charge is -2.29. The molecule has 0 amide bonds. The first-order valence-electron chi connectivity index (χ1n) is 7.01. The van der Waals surface area contributed by atoms with Crippen molar-refractivity contribution in [2.24, 2.45) is 0 Å². The third-order valence-electron chi connectivity index (χ3n) is 3.93. The van der Waals surface area contributed by atoms with Gasteiger partial charge in [0.1, 0.15) is 0 Å². The number of hydrogen-bond acceptors (Lipinski definition) is 7. The summed E-state index contributed by atoms with van der Waals surface area (Å²) in [5.41, 5.74) is 0. The van der Waals surface area contributed by atoms with Gasteiger partial charge < -0.3 is 14.4 Å². The zero-order chi connectivity index (χ0) is 14.1. The van der Waals surface area contributed by atoms with Crippen LogP contribution >= 0.6 is 23.5 Å². The van der Waals surface area contributed by atoms with Crippen molar-refractivity contribution in [2.45, 2.75) is 48.0 Å².